The Morgan fingerprint density at radius 3 is 2.44 bits per heavy atom. The van der Waals surface area contributed by atoms with Crippen LogP contribution in [-0.2, 0) is 23.9 Å². The van der Waals surface area contributed by atoms with Gasteiger partial charge in [-0.15, -0.1) is 0 Å². The standard InChI is InChI=1S/C27H21F3O4/c1-16-9-18(12-22(10-16)27(28,29)30)11-21-13-20-14-23(7-8-24(20)25(21)31)34-15-17-3-5-19(6-4-17)26(32)33-2/h3-12,14H,13,15H2,1-2H3/b21-11+. The van der Waals surface area contributed by atoms with Gasteiger partial charge in [0, 0.05) is 17.6 Å². The number of ketones is 1. The van der Waals surface area contributed by atoms with Crippen LogP contribution in [0, 0.1) is 6.92 Å². The van der Waals surface area contributed by atoms with E-state index in [-0.39, 0.29) is 12.4 Å². The molecule has 0 N–H and O–H groups in total. The first kappa shape index (κ1) is 23.3. The number of carbonyl (C=O) groups excluding carboxylic acids is 2. The molecule has 0 spiro atoms. The SMILES string of the molecule is COC(=O)c1ccc(COc2ccc3c(c2)C/C(=C\c2cc(C)cc(C(F)(F)F)c2)C3=O)cc1. The lowest BCUT2D eigenvalue weighted by Gasteiger charge is -2.09. The lowest BCUT2D eigenvalue weighted by atomic mass is 10.0. The van der Waals surface area contributed by atoms with Crippen LogP contribution in [0.1, 0.15) is 48.5 Å². The van der Waals surface area contributed by atoms with E-state index in [4.69, 9.17) is 4.74 Å². The van der Waals surface area contributed by atoms with Gasteiger partial charge in [0.05, 0.1) is 18.2 Å². The minimum atomic E-state index is -4.45. The summed E-state index contributed by atoms with van der Waals surface area (Å²) in [4.78, 5) is 24.3. The molecule has 0 fully saturated rings. The minimum absolute atomic E-state index is 0.199. The first-order chi connectivity index (χ1) is 16.1. The summed E-state index contributed by atoms with van der Waals surface area (Å²) in [6.45, 7) is 1.86. The number of hydrogen-bond acceptors (Lipinski definition) is 4. The molecule has 4 rings (SSSR count). The van der Waals surface area contributed by atoms with Gasteiger partial charge in [-0.05, 0) is 77.7 Å². The average molecular weight is 466 g/mol. The topological polar surface area (TPSA) is 52.6 Å². The van der Waals surface area contributed by atoms with Crippen molar-refractivity contribution in [1.82, 2.24) is 0 Å². The van der Waals surface area contributed by atoms with E-state index in [0.717, 1.165) is 23.3 Å². The fraction of sp³-hybridized carbons (Fsp3) is 0.185. The second-order valence-corrected chi connectivity index (χ2v) is 8.10. The summed E-state index contributed by atoms with van der Waals surface area (Å²) in [6, 6.07) is 15.7. The quantitative estimate of drug-likeness (QED) is 0.332. The van der Waals surface area contributed by atoms with Gasteiger partial charge in [-0.25, -0.2) is 4.79 Å². The summed E-state index contributed by atoms with van der Waals surface area (Å²) >= 11 is 0. The van der Waals surface area contributed by atoms with Gasteiger partial charge in [0.2, 0.25) is 0 Å². The highest BCUT2D eigenvalue weighted by Crippen LogP contribution is 2.34. The van der Waals surface area contributed by atoms with Crippen molar-refractivity contribution in [3.63, 3.8) is 0 Å². The molecule has 4 nitrogen and oxygen atoms in total. The Hall–Kier alpha value is -3.87. The lowest BCUT2D eigenvalue weighted by molar-refractivity contribution is -0.137. The van der Waals surface area contributed by atoms with Crippen LogP contribution in [0.3, 0.4) is 0 Å². The molecule has 174 valence electrons. The van der Waals surface area contributed by atoms with E-state index in [0.29, 0.717) is 40.0 Å². The lowest BCUT2D eigenvalue weighted by Crippen LogP contribution is -2.05. The zero-order chi connectivity index (χ0) is 24.5. The highest BCUT2D eigenvalue weighted by atomic mass is 19.4. The zero-order valence-corrected chi connectivity index (χ0v) is 18.5. The van der Waals surface area contributed by atoms with E-state index in [2.05, 4.69) is 4.74 Å². The maximum absolute atomic E-state index is 13.1. The first-order valence-corrected chi connectivity index (χ1v) is 10.5. The number of rotatable bonds is 5. The third kappa shape index (κ3) is 5.03. The van der Waals surface area contributed by atoms with Gasteiger partial charge in [-0.1, -0.05) is 18.2 Å². The first-order valence-electron chi connectivity index (χ1n) is 10.5. The Kier molecular flexibility index (Phi) is 6.28. The Bertz CT molecular complexity index is 1290. The molecule has 0 atom stereocenters. The minimum Gasteiger partial charge on any atom is -0.489 e. The summed E-state index contributed by atoms with van der Waals surface area (Å²) in [5.41, 5.74) is 3.09. The zero-order valence-electron chi connectivity index (χ0n) is 18.5. The molecule has 0 saturated carbocycles. The molecule has 3 aromatic carbocycles. The number of methoxy groups -OCH3 is 1. The van der Waals surface area contributed by atoms with Crippen LogP contribution in [0.5, 0.6) is 5.75 Å². The van der Waals surface area contributed by atoms with Gasteiger partial charge >= 0.3 is 12.1 Å². The van der Waals surface area contributed by atoms with E-state index in [1.165, 1.54) is 13.2 Å². The number of alkyl halides is 3. The third-order valence-corrected chi connectivity index (χ3v) is 5.54. The van der Waals surface area contributed by atoms with E-state index in [1.807, 2.05) is 0 Å². The smallest absolute Gasteiger partial charge is 0.416 e. The van der Waals surface area contributed by atoms with Crippen molar-refractivity contribution in [3.05, 3.63) is 105 Å². The highest BCUT2D eigenvalue weighted by Gasteiger charge is 2.31. The number of hydrogen-bond donors (Lipinski definition) is 0. The number of benzene rings is 3. The summed E-state index contributed by atoms with van der Waals surface area (Å²) in [7, 11) is 1.32. The van der Waals surface area contributed by atoms with Gasteiger partial charge in [0.25, 0.3) is 0 Å². The molecule has 0 radical (unpaired) electrons. The van der Waals surface area contributed by atoms with Gasteiger partial charge < -0.3 is 9.47 Å². The van der Waals surface area contributed by atoms with Crippen LogP contribution in [0.4, 0.5) is 13.2 Å². The number of ether oxygens (including phenoxy) is 2. The van der Waals surface area contributed by atoms with Crippen molar-refractivity contribution >= 4 is 17.8 Å². The molecule has 34 heavy (non-hydrogen) atoms. The fourth-order valence-corrected chi connectivity index (χ4v) is 3.89. The maximum atomic E-state index is 13.1. The molecule has 1 aliphatic carbocycles. The molecule has 0 amide bonds. The van der Waals surface area contributed by atoms with Crippen molar-refractivity contribution in [2.24, 2.45) is 0 Å². The van der Waals surface area contributed by atoms with Crippen molar-refractivity contribution in [3.8, 4) is 5.75 Å². The summed E-state index contributed by atoms with van der Waals surface area (Å²) < 4.78 is 49.9. The molecule has 1 aliphatic rings. The molecule has 0 heterocycles. The Morgan fingerprint density at radius 2 is 1.76 bits per heavy atom. The van der Waals surface area contributed by atoms with Crippen LogP contribution >= 0.6 is 0 Å². The average Bonchev–Trinajstić information content (AvgIpc) is 3.11. The van der Waals surface area contributed by atoms with Crippen LogP contribution < -0.4 is 4.74 Å². The van der Waals surface area contributed by atoms with E-state index in [1.54, 1.807) is 55.5 Å². The van der Waals surface area contributed by atoms with Crippen LogP contribution in [0.2, 0.25) is 0 Å². The molecule has 0 aromatic heterocycles. The molecule has 3 aromatic rings. The number of fused-ring (bicyclic) bond motifs is 1. The fourth-order valence-electron chi connectivity index (χ4n) is 3.89. The number of carbonyl (C=O) groups is 2. The Balaban J connectivity index is 1.49. The van der Waals surface area contributed by atoms with Crippen LogP contribution in [0.15, 0.2) is 66.2 Å². The van der Waals surface area contributed by atoms with E-state index >= 15 is 0 Å². The monoisotopic (exact) mass is 466 g/mol. The summed E-state index contributed by atoms with van der Waals surface area (Å²) in [5.74, 6) is -0.0466. The molecular weight excluding hydrogens is 445 g/mol. The van der Waals surface area contributed by atoms with Gasteiger partial charge in [0.15, 0.2) is 5.78 Å². The van der Waals surface area contributed by atoms with Crippen molar-refractivity contribution in [2.45, 2.75) is 26.1 Å². The number of esters is 1. The molecule has 0 saturated heterocycles. The van der Waals surface area contributed by atoms with E-state index < -0.39 is 17.7 Å². The second-order valence-electron chi connectivity index (χ2n) is 8.10. The number of Topliss-reactive ketones (excluding diaryl/α,β-unsaturated/α-hetero) is 1. The van der Waals surface area contributed by atoms with Crippen LogP contribution in [0.25, 0.3) is 6.08 Å². The number of halogens is 3. The van der Waals surface area contributed by atoms with Gasteiger partial charge in [-0.3, -0.25) is 4.79 Å². The predicted octanol–water partition coefficient (Wildman–Crippen LogP) is 6.20. The molecular formula is C27H21F3O4. The predicted molar refractivity (Wildman–Crippen MR) is 121 cm³/mol. The van der Waals surface area contributed by atoms with Crippen molar-refractivity contribution in [2.75, 3.05) is 7.11 Å². The van der Waals surface area contributed by atoms with Crippen molar-refractivity contribution in [1.29, 1.82) is 0 Å². The third-order valence-electron chi connectivity index (χ3n) is 5.54. The van der Waals surface area contributed by atoms with Crippen molar-refractivity contribution < 1.29 is 32.2 Å². The van der Waals surface area contributed by atoms with Gasteiger partial charge in [-0.2, -0.15) is 13.2 Å². The summed E-state index contributed by atoms with van der Waals surface area (Å²) in [5, 5.41) is 0. The van der Waals surface area contributed by atoms with Gasteiger partial charge in [0.1, 0.15) is 12.4 Å². The Labute approximate surface area is 194 Å². The maximum Gasteiger partial charge on any atom is 0.416 e. The van der Waals surface area contributed by atoms with Crippen LogP contribution in [-0.4, -0.2) is 18.9 Å². The molecule has 7 heteroatoms. The molecule has 0 aliphatic heterocycles. The Morgan fingerprint density at radius 1 is 1.03 bits per heavy atom. The largest absolute Gasteiger partial charge is 0.489 e. The normalized spacial score (nSPS) is 14.3. The molecule has 0 bridgehead atoms. The van der Waals surface area contributed by atoms with E-state index in [9.17, 15) is 22.8 Å². The molecule has 0 unspecified atom stereocenters. The number of allylic oxidation sites excluding steroid dienone is 1. The summed E-state index contributed by atoms with van der Waals surface area (Å²) in [6.07, 6.45) is -2.61. The second kappa shape index (κ2) is 9.17. The number of aryl methyl sites for hydroxylation is 1. The highest BCUT2D eigenvalue weighted by molar-refractivity contribution is 6.15.